The van der Waals surface area contributed by atoms with Crippen molar-refractivity contribution in [2.45, 2.75) is 53.2 Å². The summed E-state index contributed by atoms with van der Waals surface area (Å²) in [6, 6.07) is 17.2. The molecule has 4 rings (SSSR count). The number of pyridine rings is 1. The lowest BCUT2D eigenvalue weighted by Gasteiger charge is -2.36. The van der Waals surface area contributed by atoms with E-state index in [2.05, 4.69) is 94.5 Å². The topological polar surface area (TPSA) is 40.4 Å². The summed E-state index contributed by atoms with van der Waals surface area (Å²) in [5.74, 6) is 1.26. The van der Waals surface area contributed by atoms with Gasteiger partial charge in [-0.3, -0.25) is 9.88 Å². The molecule has 1 aliphatic rings. The molecular formula is C27H38N6. The van der Waals surface area contributed by atoms with Gasteiger partial charge in [0, 0.05) is 57.1 Å². The van der Waals surface area contributed by atoms with Crippen LogP contribution in [0.25, 0.3) is 5.69 Å². The minimum absolute atomic E-state index is 0.404. The second-order valence-electron chi connectivity index (χ2n) is 9.09. The second-order valence-corrected chi connectivity index (χ2v) is 9.09. The third kappa shape index (κ3) is 5.45. The van der Waals surface area contributed by atoms with Crippen LogP contribution in [0.3, 0.4) is 0 Å². The molecule has 2 aromatic heterocycles. The van der Waals surface area contributed by atoms with E-state index in [1.54, 1.807) is 0 Å². The molecule has 1 saturated heterocycles. The van der Waals surface area contributed by atoms with E-state index in [0.29, 0.717) is 6.04 Å². The van der Waals surface area contributed by atoms with Crippen molar-refractivity contribution in [1.29, 1.82) is 0 Å². The highest BCUT2D eigenvalue weighted by Crippen LogP contribution is 2.31. The molecule has 0 spiro atoms. The summed E-state index contributed by atoms with van der Waals surface area (Å²) in [4.78, 5) is 12.2. The Morgan fingerprint density at radius 2 is 1.64 bits per heavy atom. The number of aryl methyl sites for hydroxylation is 1. The minimum Gasteiger partial charge on any atom is -0.354 e. The molecule has 0 unspecified atom stereocenters. The minimum atomic E-state index is 0.404. The Morgan fingerprint density at radius 3 is 2.24 bits per heavy atom. The standard InChI is InChI=1S/C27H38N6/c1-5-26-25(21-32(22(3)4)20-23-12-10-11-15-28-23)27(31-18-16-30(6-2)17-19-31)33(29-26)24-13-8-7-9-14-24/h7-15,22H,5-6,16-21H2,1-4H3. The Balaban J connectivity index is 1.73. The summed E-state index contributed by atoms with van der Waals surface area (Å²) in [5, 5.41) is 5.15. The highest BCUT2D eigenvalue weighted by Gasteiger charge is 2.27. The van der Waals surface area contributed by atoms with Gasteiger partial charge < -0.3 is 9.80 Å². The van der Waals surface area contributed by atoms with Crippen molar-refractivity contribution in [1.82, 2.24) is 24.6 Å². The molecule has 1 fully saturated rings. The average Bonchev–Trinajstić information content (AvgIpc) is 3.23. The van der Waals surface area contributed by atoms with Crippen LogP contribution in [0.15, 0.2) is 54.7 Å². The highest BCUT2D eigenvalue weighted by molar-refractivity contribution is 5.56. The van der Waals surface area contributed by atoms with Gasteiger partial charge in [-0.1, -0.05) is 38.1 Å². The van der Waals surface area contributed by atoms with Crippen LogP contribution in [0.4, 0.5) is 5.82 Å². The Bertz CT molecular complexity index is 990. The molecule has 3 heterocycles. The molecule has 33 heavy (non-hydrogen) atoms. The van der Waals surface area contributed by atoms with Crippen molar-refractivity contribution >= 4 is 5.82 Å². The Labute approximate surface area is 198 Å². The number of rotatable bonds is 9. The lowest BCUT2D eigenvalue weighted by atomic mass is 10.1. The van der Waals surface area contributed by atoms with Crippen LogP contribution in [0.2, 0.25) is 0 Å². The van der Waals surface area contributed by atoms with Gasteiger partial charge in [0.25, 0.3) is 0 Å². The molecule has 6 nitrogen and oxygen atoms in total. The van der Waals surface area contributed by atoms with Gasteiger partial charge in [0.1, 0.15) is 5.82 Å². The van der Waals surface area contributed by atoms with Crippen LogP contribution in [0.5, 0.6) is 0 Å². The van der Waals surface area contributed by atoms with Gasteiger partial charge in [0.2, 0.25) is 0 Å². The zero-order valence-electron chi connectivity index (χ0n) is 20.6. The fourth-order valence-corrected chi connectivity index (χ4v) is 4.61. The van der Waals surface area contributed by atoms with E-state index < -0.39 is 0 Å². The van der Waals surface area contributed by atoms with Gasteiger partial charge in [-0.15, -0.1) is 0 Å². The van der Waals surface area contributed by atoms with Gasteiger partial charge in [0.05, 0.1) is 17.1 Å². The number of aromatic nitrogens is 3. The molecule has 0 N–H and O–H groups in total. The van der Waals surface area contributed by atoms with Gasteiger partial charge in [-0.05, 0) is 51.1 Å². The van der Waals surface area contributed by atoms with Gasteiger partial charge >= 0.3 is 0 Å². The van der Waals surface area contributed by atoms with E-state index in [9.17, 15) is 0 Å². The van der Waals surface area contributed by atoms with E-state index >= 15 is 0 Å². The summed E-state index contributed by atoms with van der Waals surface area (Å²) in [6.45, 7) is 16.1. The molecule has 3 aromatic rings. The summed E-state index contributed by atoms with van der Waals surface area (Å²) < 4.78 is 2.19. The summed E-state index contributed by atoms with van der Waals surface area (Å²) in [5.41, 5.74) is 4.79. The molecule has 176 valence electrons. The first-order chi connectivity index (χ1) is 16.1. The SMILES string of the molecule is CCc1nn(-c2ccccc2)c(N2CCN(CC)CC2)c1CN(Cc1ccccn1)C(C)C. The Morgan fingerprint density at radius 1 is 0.909 bits per heavy atom. The quantitative estimate of drug-likeness (QED) is 0.488. The van der Waals surface area contributed by atoms with E-state index in [1.807, 2.05) is 12.3 Å². The third-order valence-corrected chi connectivity index (χ3v) is 6.68. The number of hydrogen-bond donors (Lipinski definition) is 0. The van der Waals surface area contributed by atoms with E-state index in [0.717, 1.165) is 63.6 Å². The maximum atomic E-state index is 5.15. The van der Waals surface area contributed by atoms with Crippen molar-refractivity contribution < 1.29 is 0 Å². The van der Waals surface area contributed by atoms with Crippen molar-refractivity contribution in [2.24, 2.45) is 0 Å². The predicted molar refractivity (Wildman–Crippen MR) is 136 cm³/mol. The molecule has 0 saturated carbocycles. The van der Waals surface area contributed by atoms with E-state index in [-0.39, 0.29) is 0 Å². The fraction of sp³-hybridized carbons (Fsp3) is 0.481. The number of benzene rings is 1. The number of piperazine rings is 1. The van der Waals surface area contributed by atoms with Crippen molar-refractivity contribution in [3.8, 4) is 5.69 Å². The number of nitrogens with zero attached hydrogens (tertiary/aromatic N) is 6. The summed E-state index contributed by atoms with van der Waals surface area (Å²) >= 11 is 0. The fourth-order valence-electron chi connectivity index (χ4n) is 4.61. The zero-order chi connectivity index (χ0) is 23.2. The van der Waals surface area contributed by atoms with Crippen LogP contribution >= 0.6 is 0 Å². The molecule has 0 bridgehead atoms. The van der Waals surface area contributed by atoms with Gasteiger partial charge in [0.15, 0.2) is 0 Å². The van der Waals surface area contributed by atoms with Gasteiger partial charge in [-0.2, -0.15) is 5.10 Å². The molecule has 0 aliphatic carbocycles. The first-order valence-corrected chi connectivity index (χ1v) is 12.4. The number of likely N-dealkylation sites (N-methyl/N-ethyl adjacent to an activating group) is 1. The van der Waals surface area contributed by atoms with E-state index in [1.165, 1.54) is 17.1 Å². The first kappa shape index (κ1) is 23.5. The average molecular weight is 447 g/mol. The highest BCUT2D eigenvalue weighted by atomic mass is 15.4. The molecule has 0 amide bonds. The number of hydrogen-bond acceptors (Lipinski definition) is 5. The monoisotopic (exact) mass is 446 g/mol. The molecular weight excluding hydrogens is 408 g/mol. The van der Waals surface area contributed by atoms with Gasteiger partial charge in [-0.25, -0.2) is 4.68 Å². The van der Waals surface area contributed by atoms with Crippen molar-refractivity contribution in [3.05, 3.63) is 71.7 Å². The maximum absolute atomic E-state index is 5.15. The molecule has 0 atom stereocenters. The summed E-state index contributed by atoms with van der Waals surface area (Å²) in [7, 11) is 0. The van der Waals surface area contributed by atoms with Crippen molar-refractivity contribution in [3.63, 3.8) is 0 Å². The lowest BCUT2D eigenvalue weighted by molar-refractivity contribution is 0.200. The van der Waals surface area contributed by atoms with Crippen molar-refractivity contribution in [2.75, 3.05) is 37.6 Å². The summed E-state index contributed by atoms with van der Waals surface area (Å²) in [6.07, 6.45) is 2.81. The zero-order valence-corrected chi connectivity index (χ0v) is 20.6. The Kier molecular flexibility index (Phi) is 7.78. The third-order valence-electron chi connectivity index (χ3n) is 6.68. The van der Waals surface area contributed by atoms with Crippen LogP contribution in [-0.2, 0) is 19.5 Å². The second kappa shape index (κ2) is 10.9. The number of para-hydroxylation sites is 1. The molecule has 1 aromatic carbocycles. The van der Waals surface area contributed by atoms with E-state index in [4.69, 9.17) is 5.10 Å². The largest absolute Gasteiger partial charge is 0.354 e. The van der Waals surface area contributed by atoms with Crippen LogP contribution < -0.4 is 4.90 Å². The maximum Gasteiger partial charge on any atom is 0.137 e. The normalized spacial score (nSPS) is 15.0. The number of anilines is 1. The first-order valence-electron chi connectivity index (χ1n) is 12.4. The van der Waals surface area contributed by atoms with Crippen LogP contribution in [0, 0.1) is 0 Å². The van der Waals surface area contributed by atoms with Crippen LogP contribution in [-0.4, -0.2) is 63.3 Å². The lowest BCUT2D eigenvalue weighted by Crippen LogP contribution is -2.47. The predicted octanol–water partition coefficient (Wildman–Crippen LogP) is 4.38. The molecule has 1 aliphatic heterocycles. The molecule has 6 heteroatoms. The van der Waals surface area contributed by atoms with Crippen LogP contribution in [0.1, 0.15) is 44.6 Å². The molecule has 0 radical (unpaired) electrons. The smallest absolute Gasteiger partial charge is 0.137 e. The Hall–Kier alpha value is -2.70.